The maximum absolute atomic E-state index is 12.1. The van der Waals surface area contributed by atoms with E-state index in [1.165, 1.54) is 6.33 Å². The summed E-state index contributed by atoms with van der Waals surface area (Å²) in [5.41, 5.74) is 1.25. The second kappa shape index (κ2) is 5.58. The molecule has 0 aliphatic heterocycles. The van der Waals surface area contributed by atoms with Crippen molar-refractivity contribution in [2.24, 2.45) is 0 Å². The number of nitrogens with zero attached hydrogens (tertiary/aromatic N) is 4. The number of carbonyl (C=O) groups excluding carboxylic acids is 1. The second-order valence-corrected chi connectivity index (χ2v) is 4.55. The molecule has 2 heterocycles. The van der Waals surface area contributed by atoms with Gasteiger partial charge in [0.05, 0.1) is 11.7 Å². The number of rotatable bonds is 4. The molecule has 0 fully saturated rings. The summed E-state index contributed by atoms with van der Waals surface area (Å²) in [7, 11) is 0. The third-order valence-corrected chi connectivity index (χ3v) is 3.03. The van der Waals surface area contributed by atoms with E-state index in [2.05, 4.69) is 25.6 Å². The monoisotopic (exact) mass is 282 g/mol. The van der Waals surface area contributed by atoms with Gasteiger partial charge in [-0.2, -0.15) is 10.2 Å². The van der Waals surface area contributed by atoms with Gasteiger partial charge in [-0.1, -0.05) is 18.2 Å². The van der Waals surface area contributed by atoms with E-state index in [4.69, 9.17) is 0 Å². The van der Waals surface area contributed by atoms with Crippen LogP contribution in [0, 0.1) is 0 Å². The fraction of sp³-hybridized carbons (Fsp3) is 0.143. The number of nitrogens with one attached hydrogen (secondary N) is 2. The van der Waals surface area contributed by atoms with Crippen molar-refractivity contribution in [1.29, 1.82) is 0 Å². The maximum atomic E-state index is 12.1. The Kier molecular flexibility index (Phi) is 3.46. The largest absolute Gasteiger partial charge is 0.341 e. The predicted molar refractivity (Wildman–Crippen MR) is 75.8 cm³/mol. The highest BCUT2D eigenvalue weighted by molar-refractivity contribution is 5.92. The second-order valence-electron chi connectivity index (χ2n) is 4.55. The molecule has 1 aromatic carbocycles. The average molecular weight is 282 g/mol. The SMILES string of the molecule is CC(NC(=O)c1ccn(-c2ccccc2)n1)c1ncn[nH]1. The maximum Gasteiger partial charge on any atom is 0.272 e. The molecule has 1 atom stereocenters. The molecule has 3 rings (SSSR count). The summed E-state index contributed by atoms with van der Waals surface area (Å²) in [6.07, 6.45) is 3.16. The van der Waals surface area contributed by atoms with E-state index in [0.29, 0.717) is 11.5 Å². The molecule has 2 N–H and O–H groups in total. The molecule has 0 saturated carbocycles. The number of hydrogen-bond acceptors (Lipinski definition) is 4. The molecular formula is C14H14N6O. The molecular weight excluding hydrogens is 268 g/mol. The van der Waals surface area contributed by atoms with Crippen LogP contribution in [-0.2, 0) is 0 Å². The minimum Gasteiger partial charge on any atom is -0.341 e. The normalized spacial score (nSPS) is 12.0. The van der Waals surface area contributed by atoms with E-state index < -0.39 is 0 Å². The summed E-state index contributed by atoms with van der Waals surface area (Å²) < 4.78 is 1.66. The highest BCUT2D eigenvalue weighted by atomic mass is 16.2. The van der Waals surface area contributed by atoms with Gasteiger partial charge in [0, 0.05) is 6.20 Å². The topological polar surface area (TPSA) is 88.5 Å². The quantitative estimate of drug-likeness (QED) is 0.758. The number of H-pyrrole nitrogens is 1. The zero-order valence-electron chi connectivity index (χ0n) is 11.4. The van der Waals surface area contributed by atoms with Crippen molar-refractivity contribution in [3.05, 3.63) is 60.4 Å². The highest BCUT2D eigenvalue weighted by Gasteiger charge is 2.15. The number of aromatic amines is 1. The van der Waals surface area contributed by atoms with E-state index in [9.17, 15) is 4.79 Å². The van der Waals surface area contributed by atoms with Gasteiger partial charge >= 0.3 is 0 Å². The molecule has 0 radical (unpaired) electrons. The Morgan fingerprint density at radius 2 is 2.10 bits per heavy atom. The molecule has 1 amide bonds. The Balaban J connectivity index is 1.73. The highest BCUT2D eigenvalue weighted by Crippen LogP contribution is 2.09. The van der Waals surface area contributed by atoms with Crippen LogP contribution in [-0.4, -0.2) is 30.9 Å². The van der Waals surface area contributed by atoms with Crippen molar-refractivity contribution in [1.82, 2.24) is 30.3 Å². The third-order valence-electron chi connectivity index (χ3n) is 3.03. The lowest BCUT2D eigenvalue weighted by atomic mass is 10.3. The summed E-state index contributed by atoms with van der Waals surface area (Å²) in [5, 5.41) is 13.6. The van der Waals surface area contributed by atoms with Crippen LogP contribution in [0.25, 0.3) is 5.69 Å². The summed E-state index contributed by atoms with van der Waals surface area (Å²) in [5.74, 6) is 0.347. The first-order valence-electron chi connectivity index (χ1n) is 6.51. The van der Waals surface area contributed by atoms with Gasteiger partial charge < -0.3 is 5.32 Å². The average Bonchev–Trinajstić information content (AvgIpc) is 3.20. The Bertz CT molecular complexity index is 719. The van der Waals surface area contributed by atoms with E-state index in [-0.39, 0.29) is 11.9 Å². The van der Waals surface area contributed by atoms with E-state index in [0.717, 1.165) is 5.69 Å². The van der Waals surface area contributed by atoms with Gasteiger partial charge in [0.1, 0.15) is 12.2 Å². The number of hydrogen-bond donors (Lipinski definition) is 2. The van der Waals surface area contributed by atoms with Crippen LogP contribution in [0.5, 0.6) is 0 Å². The van der Waals surface area contributed by atoms with Gasteiger partial charge in [-0.15, -0.1) is 0 Å². The van der Waals surface area contributed by atoms with Gasteiger partial charge in [-0.25, -0.2) is 9.67 Å². The van der Waals surface area contributed by atoms with Crippen molar-refractivity contribution in [2.75, 3.05) is 0 Å². The van der Waals surface area contributed by atoms with E-state index >= 15 is 0 Å². The van der Waals surface area contributed by atoms with Gasteiger partial charge in [-0.3, -0.25) is 9.89 Å². The minimum absolute atomic E-state index is 0.256. The molecule has 7 heteroatoms. The standard InChI is InChI=1S/C14H14N6O/c1-10(13-15-9-16-18-13)17-14(21)12-7-8-20(19-12)11-5-3-2-4-6-11/h2-10H,1H3,(H,17,21)(H,15,16,18). The van der Waals surface area contributed by atoms with Crippen LogP contribution >= 0.6 is 0 Å². The molecule has 0 aliphatic carbocycles. The van der Waals surface area contributed by atoms with Crippen molar-refractivity contribution < 1.29 is 4.79 Å². The van der Waals surface area contributed by atoms with Crippen LogP contribution in [0.2, 0.25) is 0 Å². The zero-order chi connectivity index (χ0) is 14.7. The molecule has 2 aromatic heterocycles. The number of para-hydroxylation sites is 1. The smallest absolute Gasteiger partial charge is 0.272 e. The third kappa shape index (κ3) is 2.81. The summed E-state index contributed by atoms with van der Waals surface area (Å²) >= 11 is 0. The molecule has 1 unspecified atom stereocenters. The zero-order valence-corrected chi connectivity index (χ0v) is 11.4. The molecule has 0 aliphatic rings. The lowest BCUT2D eigenvalue weighted by Crippen LogP contribution is -2.27. The Morgan fingerprint density at radius 1 is 1.29 bits per heavy atom. The van der Waals surface area contributed by atoms with Crippen molar-refractivity contribution in [2.45, 2.75) is 13.0 Å². The van der Waals surface area contributed by atoms with Crippen LogP contribution in [0.4, 0.5) is 0 Å². The van der Waals surface area contributed by atoms with Crippen LogP contribution in [0.15, 0.2) is 48.9 Å². The molecule has 0 saturated heterocycles. The van der Waals surface area contributed by atoms with Crippen LogP contribution < -0.4 is 5.32 Å². The van der Waals surface area contributed by atoms with Gasteiger partial charge in [-0.05, 0) is 25.1 Å². The lowest BCUT2D eigenvalue weighted by molar-refractivity contribution is 0.0933. The molecule has 0 bridgehead atoms. The number of benzene rings is 1. The Hall–Kier alpha value is -2.96. The van der Waals surface area contributed by atoms with Crippen molar-refractivity contribution in [3.8, 4) is 5.69 Å². The Morgan fingerprint density at radius 3 is 2.81 bits per heavy atom. The lowest BCUT2D eigenvalue weighted by Gasteiger charge is -2.09. The van der Waals surface area contributed by atoms with Crippen LogP contribution in [0.3, 0.4) is 0 Å². The fourth-order valence-corrected chi connectivity index (χ4v) is 1.93. The first-order valence-corrected chi connectivity index (χ1v) is 6.51. The first-order chi connectivity index (χ1) is 10.2. The van der Waals surface area contributed by atoms with E-state index in [1.54, 1.807) is 16.9 Å². The molecule has 21 heavy (non-hydrogen) atoms. The van der Waals surface area contributed by atoms with Gasteiger partial charge in [0.2, 0.25) is 0 Å². The minimum atomic E-state index is -0.262. The number of carbonyl (C=O) groups is 1. The van der Waals surface area contributed by atoms with Gasteiger partial charge in [0.15, 0.2) is 5.69 Å². The number of aromatic nitrogens is 5. The van der Waals surface area contributed by atoms with Crippen molar-refractivity contribution in [3.63, 3.8) is 0 Å². The predicted octanol–water partition coefficient (Wildman–Crippen LogP) is 1.48. The summed E-state index contributed by atoms with van der Waals surface area (Å²) in [4.78, 5) is 16.2. The van der Waals surface area contributed by atoms with Gasteiger partial charge in [0.25, 0.3) is 5.91 Å². The summed E-state index contributed by atoms with van der Waals surface area (Å²) in [6.45, 7) is 1.83. The molecule has 106 valence electrons. The summed E-state index contributed by atoms with van der Waals surface area (Å²) in [6, 6.07) is 11.0. The molecule has 0 spiro atoms. The van der Waals surface area contributed by atoms with Crippen LogP contribution in [0.1, 0.15) is 29.3 Å². The molecule has 7 nitrogen and oxygen atoms in total. The fourth-order valence-electron chi connectivity index (χ4n) is 1.93. The Labute approximate surface area is 121 Å². The van der Waals surface area contributed by atoms with E-state index in [1.807, 2.05) is 37.3 Å². The first kappa shape index (κ1) is 13.0. The molecule has 3 aromatic rings. The van der Waals surface area contributed by atoms with Crippen molar-refractivity contribution >= 4 is 5.91 Å². The number of amides is 1.